The van der Waals surface area contributed by atoms with Crippen LogP contribution < -0.4 is 0 Å². The van der Waals surface area contributed by atoms with E-state index in [1.54, 1.807) is 0 Å². The second-order valence-corrected chi connectivity index (χ2v) is 2.73. The first kappa shape index (κ1) is 13.8. The van der Waals surface area contributed by atoms with Crippen LogP contribution in [0, 0.1) is 0 Å². The summed E-state index contributed by atoms with van der Waals surface area (Å²) in [6, 6.07) is 0. The van der Waals surface area contributed by atoms with Crippen molar-refractivity contribution in [2.45, 2.75) is 18.3 Å². The Labute approximate surface area is 87.5 Å². The lowest BCUT2D eigenvalue weighted by Gasteiger charge is -2.21. The van der Waals surface area contributed by atoms with Crippen molar-refractivity contribution in [1.29, 1.82) is 0 Å². The van der Waals surface area contributed by atoms with Gasteiger partial charge in [0.25, 0.3) is 0 Å². The van der Waals surface area contributed by atoms with Crippen molar-refractivity contribution in [1.82, 2.24) is 0 Å². The van der Waals surface area contributed by atoms with Gasteiger partial charge in [-0.25, -0.2) is 0 Å². The van der Waals surface area contributed by atoms with E-state index in [0.717, 1.165) is 0 Å². The van der Waals surface area contributed by atoms with E-state index in [2.05, 4.69) is 14.2 Å². The van der Waals surface area contributed by atoms with E-state index in [-0.39, 0.29) is 0 Å². The van der Waals surface area contributed by atoms with Gasteiger partial charge in [0.15, 0.2) is 0 Å². The van der Waals surface area contributed by atoms with Crippen LogP contribution in [0.4, 0.5) is 35.1 Å². The van der Waals surface area contributed by atoms with Crippen molar-refractivity contribution in [3.05, 3.63) is 12.0 Å². The first-order valence-corrected chi connectivity index (χ1v) is 3.67. The topological polar surface area (TPSA) is 27.7 Å². The number of rotatable bonds is 2. The molecule has 1 aliphatic rings. The molecule has 0 spiro atoms. The fraction of sp³-hybridized carbons (Fsp3) is 0.667. The summed E-state index contributed by atoms with van der Waals surface area (Å²) in [4.78, 5) is 0. The van der Waals surface area contributed by atoms with Gasteiger partial charge in [-0.2, -0.15) is 22.0 Å². The average Bonchev–Trinajstić information content (AvgIpc) is 2.35. The Hall–Kier alpha value is -1.26. The van der Waals surface area contributed by atoms with E-state index >= 15 is 0 Å². The molecule has 17 heavy (non-hydrogen) atoms. The van der Waals surface area contributed by atoms with Crippen LogP contribution in [0.5, 0.6) is 0 Å². The zero-order chi connectivity index (χ0) is 13.5. The summed E-state index contributed by atoms with van der Waals surface area (Å²) in [5, 5.41) is 0. The molecule has 11 heteroatoms. The molecule has 0 radical (unpaired) electrons. The van der Waals surface area contributed by atoms with Gasteiger partial charge in [0.05, 0.1) is 0 Å². The molecule has 1 unspecified atom stereocenters. The van der Waals surface area contributed by atoms with E-state index in [1.807, 2.05) is 0 Å². The van der Waals surface area contributed by atoms with Crippen molar-refractivity contribution in [3.63, 3.8) is 0 Å². The fourth-order valence-electron chi connectivity index (χ4n) is 0.785. The molecule has 1 aliphatic heterocycles. The highest BCUT2D eigenvalue weighted by Gasteiger charge is 2.68. The van der Waals surface area contributed by atoms with Crippen LogP contribution >= 0.6 is 0 Å². The second kappa shape index (κ2) is 3.89. The molecule has 0 saturated carbocycles. The van der Waals surface area contributed by atoms with Crippen molar-refractivity contribution < 1.29 is 49.3 Å². The first-order chi connectivity index (χ1) is 7.47. The van der Waals surface area contributed by atoms with E-state index in [0.29, 0.717) is 0 Å². The van der Waals surface area contributed by atoms with Gasteiger partial charge in [0, 0.05) is 0 Å². The molecule has 1 rings (SSSR count). The minimum absolute atomic E-state index is 2.19. The smallest absolute Gasteiger partial charge is 0.412 e. The molecule has 0 N–H and O–H groups in total. The van der Waals surface area contributed by atoms with Crippen LogP contribution in [0.2, 0.25) is 0 Å². The highest BCUT2D eigenvalue weighted by Crippen LogP contribution is 2.46. The largest absolute Gasteiger partial charge is 0.522 e. The number of hydrogen-bond donors (Lipinski definition) is 0. The van der Waals surface area contributed by atoms with Gasteiger partial charge in [-0.15, -0.1) is 13.2 Å². The lowest BCUT2D eigenvalue weighted by atomic mass is 10.3. The molecule has 0 aliphatic carbocycles. The number of alkyl halides is 6. The number of ether oxygens (including phenoxy) is 3. The average molecular weight is 274 g/mol. The molecule has 0 aromatic carbocycles. The quantitative estimate of drug-likeness (QED) is 0.724. The Morgan fingerprint density at radius 1 is 1.12 bits per heavy atom. The minimum Gasteiger partial charge on any atom is -0.412 e. The molecule has 0 bridgehead atoms. The van der Waals surface area contributed by atoms with E-state index in [4.69, 9.17) is 0 Å². The summed E-state index contributed by atoms with van der Waals surface area (Å²) in [7, 11) is 0. The zero-order valence-electron chi connectivity index (χ0n) is 7.46. The molecular weight excluding hydrogens is 272 g/mol. The van der Waals surface area contributed by atoms with Crippen molar-refractivity contribution in [3.8, 4) is 0 Å². The van der Waals surface area contributed by atoms with Gasteiger partial charge in [-0.3, -0.25) is 4.74 Å². The van der Waals surface area contributed by atoms with Crippen LogP contribution in [0.25, 0.3) is 0 Å². The minimum atomic E-state index is -5.43. The normalized spacial score (nSPS) is 27.6. The standard InChI is InChI=1S/C6H2F8O3/c7-2(8)3-16-4(9,5(10,11)17-3)1-15-6(12,13)14/h1H2. The third-order valence-corrected chi connectivity index (χ3v) is 1.49. The van der Waals surface area contributed by atoms with Gasteiger partial charge in [0.1, 0.15) is 6.61 Å². The summed E-state index contributed by atoms with van der Waals surface area (Å²) in [6.07, 6.45) is -13.4. The zero-order valence-corrected chi connectivity index (χ0v) is 7.46. The number of hydrogen-bond acceptors (Lipinski definition) is 3. The lowest BCUT2D eigenvalue weighted by Crippen LogP contribution is -2.46. The molecule has 1 atom stereocenters. The molecule has 1 heterocycles. The monoisotopic (exact) mass is 274 g/mol. The van der Waals surface area contributed by atoms with Crippen molar-refractivity contribution >= 4 is 0 Å². The van der Waals surface area contributed by atoms with Crippen LogP contribution in [-0.2, 0) is 14.2 Å². The molecular formula is C6H2F8O3. The maximum Gasteiger partial charge on any atom is 0.522 e. The molecule has 1 fully saturated rings. The Balaban J connectivity index is 2.85. The SMILES string of the molecule is FC(F)=C1OC(F)(F)C(F)(COC(F)(F)F)O1. The summed E-state index contributed by atoms with van der Waals surface area (Å²) in [6.45, 7) is -2.36. The maximum absolute atomic E-state index is 13.1. The molecule has 0 aromatic heterocycles. The van der Waals surface area contributed by atoms with Crippen molar-refractivity contribution in [2.75, 3.05) is 6.61 Å². The maximum atomic E-state index is 13.1. The highest BCUT2D eigenvalue weighted by atomic mass is 19.4. The molecule has 0 aromatic rings. The van der Waals surface area contributed by atoms with Crippen molar-refractivity contribution in [2.24, 2.45) is 0 Å². The predicted octanol–water partition coefficient (Wildman–Crippen LogP) is 2.89. The molecule has 3 nitrogen and oxygen atoms in total. The van der Waals surface area contributed by atoms with Gasteiger partial charge in [-0.1, -0.05) is 0 Å². The van der Waals surface area contributed by atoms with E-state index < -0.39 is 37.0 Å². The van der Waals surface area contributed by atoms with Gasteiger partial charge >= 0.3 is 30.4 Å². The first-order valence-electron chi connectivity index (χ1n) is 3.67. The van der Waals surface area contributed by atoms with Gasteiger partial charge in [-0.05, 0) is 0 Å². The Bertz CT molecular complexity index is 333. The molecule has 1 saturated heterocycles. The third-order valence-electron chi connectivity index (χ3n) is 1.49. The molecule has 0 amide bonds. The van der Waals surface area contributed by atoms with E-state index in [9.17, 15) is 35.1 Å². The summed E-state index contributed by atoms with van der Waals surface area (Å²) >= 11 is 0. The predicted molar refractivity (Wildman–Crippen MR) is 32.2 cm³/mol. The Morgan fingerprint density at radius 3 is 2.00 bits per heavy atom. The summed E-state index contributed by atoms with van der Waals surface area (Å²) in [5.74, 6) is -6.68. The Kier molecular flexibility index (Phi) is 3.16. The molecule has 100 valence electrons. The lowest BCUT2D eigenvalue weighted by molar-refractivity contribution is -0.371. The highest BCUT2D eigenvalue weighted by molar-refractivity contribution is 4.98. The van der Waals surface area contributed by atoms with Gasteiger partial charge in [0.2, 0.25) is 0 Å². The van der Waals surface area contributed by atoms with Crippen LogP contribution in [0.3, 0.4) is 0 Å². The summed E-state index contributed by atoms with van der Waals surface area (Å²) in [5.41, 5.74) is 0. The number of halogens is 8. The summed E-state index contributed by atoms with van der Waals surface area (Å²) < 4.78 is 106. The fourth-order valence-corrected chi connectivity index (χ4v) is 0.785. The van der Waals surface area contributed by atoms with E-state index in [1.165, 1.54) is 0 Å². The van der Waals surface area contributed by atoms with Crippen LogP contribution in [0.1, 0.15) is 0 Å². The van der Waals surface area contributed by atoms with Gasteiger partial charge < -0.3 is 9.47 Å². The van der Waals surface area contributed by atoms with Crippen LogP contribution in [-0.4, -0.2) is 24.9 Å². The Morgan fingerprint density at radius 2 is 1.65 bits per heavy atom. The third kappa shape index (κ3) is 2.90. The second-order valence-electron chi connectivity index (χ2n) is 2.73. The van der Waals surface area contributed by atoms with Crippen LogP contribution in [0.15, 0.2) is 12.0 Å².